The Bertz CT molecular complexity index is 537. The molecule has 0 aliphatic carbocycles. The fraction of sp³-hybridized carbons (Fsp3) is 0.250. The highest BCUT2D eigenvalue weighted by Gasteiger charge is 2.01. The normalized spacial score (nSPS) is 10.5. The highest BCUT2D eigenvalue weighted by Crippen LogP contribution is 2.17. The molecule has 0 saturated heterocycles. The molecule has 0 atom stereocenters. The maximum absolute atomic E-state index is 13.4. The van der Waals surface area contributed by atoms with Crippen molar-refractivity contribution < 1.29 is 9.13 Å². The van der Waals surface area contributed by atoms with Crippen LogP contribution < -0.4 is 10.5 Å². The molecule has 3 heteroatoms. The van der Waals surface area contributed by atoms with Crippen LogP contribution in [-0.4, -0.2) is 6.54 Å². The van der Waals surface area contributed by atoms with E-state index < -0.39 is 0 Å². The molecule has 2 rings (SSSR count). The molecule has 2 nitrogen and oxygen atoms in total. The summed E-state index contributed by atoms with van der Waals surface area (Å²) in [6.07, 6.45) is 0.879. The van der Waals surface area contributed by atoms with E-state index in [1.54, 1.807) is 19.1 Å². The summed E-state index contributed by atoms with van der Waals surface area (Å²) in [5, 5.41) is 0. The Balaban J connectivity index is 1.96. The van der Waals surface area contributed by atoms with Gasteiger partial charge in [-0.05, 0) is 42.6 Å². The van der Waals surface area contributed by atoms with Crippen LogP contribution in [0.4, 0.5) is 4.39 Å². The van der Waals surface area contributed by atoms with Crippen molar-refractivity contribution in [2.75, 3.05) is 6.54 Å². The third-order valence-corrected chi connectivity index (χ3v) is 3.00. The lowest BCUT2D eigenvalue weighted by molar-refractivity contribution is 0.304. The van der Waals surface area contributed by atoms with E-state index in [9.17, 15) is 4.39 Å². The molecule has 0 aromatic heterocycles. The summed E-state index contributed by atoms with van der Waals surface area (Å²) in [5.74, 6) is 0.310. The number of hydrogen-bond acceptors (Lipinski definition) is 2. The van der Waals surface area contributed by atoms with E-state index in [1.807, 2.05) is 24.3 Å². The van der Waals surface area contributed by atoms with Gasteiger partial charge in [-0.15, -0.1) is 0 Å². The van der Waals surface area contributed by atoms with Crippen LogP contribution in [0.1, 0.15) is 16.7 Å². The number of aryl methyl sites for hydroxylation is 1. The van der Waals surface area contributed by atoms with Crippen molar-refractivity contribution in [1.82, 2.24) is 0 Å². The minimum Gasteiger partial charge on any atom is -0.489 e. The van der Waals surface area contributed by atoms with E-state index in [1.165, 1.54) is 11.6 Å². The molecular formula is C16H18FNO. The molecule has 0 bridgehead atoms. The van der Waals surface area contributed by atoms with Crippen molar-refractivity contribution in [2.45, 2.75) is 20.0 Å². The van der Waals surface area contributed by atoms with Gasteiger partial charge in [0.15, 0.2) is 0 Å². The van der Waals surface area contributed by atoms with Crippen LogP contribution in [0.15, 0.2) is 42.5 Å². The van der Waals surface area contributed by atoms with Crippen LogP contribution in [0.25, 0.3) is 0 Å². The lowest BCUT2D eigenvalue weighted by Crippen LogP contribution is -2.03. The summed E-state index contributed by atoms with van der Waals surface area (Å²) >= 11 is 0. The summed E-state index contributed by atoms with van der Waals surface area (Å²) in [7, 11) is 0. The first kappa shape index (κ1) is 13.6. The third-order valence-electron chi connectivity index (χ3n) is 3.00. The van der Waals surface area contributed by atoms with Crippen LogP contribution in [-0.2, 0) is 13.0 Å². The quantitative estimate of drug-likeness (QED) is 0.894. The Kier molecular flexibility index (Phi) is 4.53. The molecule has 0 aliphatic rings. The fourth-order valence-corrected chi connectivity index (χ4v) is 1.80. The van der Waals surface area contributed by atoms with E-state index in [4.69, 9.17) is 10.5 Å². The first-order valence-corrected chi connectivity index (χ1v) is 6.36. The van der Waals surface area contributed by atoms with Crippen molar-refractivity contribution in [1.29, 1.82) is 0 Å². The van der Waals surface area contributed by atoms with Crippen LogP contribution in [0.5, 0.6) is 5.75 Å². The van der Waals surface area contributed by atoms with Gasteiger partial charge in [0.25, 0.3) is 0 Å². The van der Waals surface area contributed by atoms with E-state index in [-0.39, 0.29) is 5.82 Å². The van der Waals surface area contributed by atoms with Crippen molar-refractivity contribution in [3.8, 4) is 5.75 Å². The highest BCUT2D eigenvalue weighted by atomic mass is 19.1. The van der Waals surface area contributed by atoms with Crippen LogP contribution >= 0.6 is 0 Å². The summed E-state index contributed by atoms with van der Waals surface area (Å²) in [6.45, 7) is 2.82. The zero-order valence-electron chi connectivity index (χ0n) is 11.0. The van der Waals surface area contributed by atoms with Gasteiger partial charge in [-0.25, -0.2) is 4.39 Å². The summed E-state index contributed by atoms with van der Waals surface area (Å²) < 4.78 is 18.9. The average molecular weight is 259 g/mol. The van der Waals surface area contributed by atoms with Crippen molar-refractivity contribution in [3.63, 3.8) is 0 Å². The number of ether oxygens (including phenoxy) is 1. The fourth-order valence-electron chi connectivity index (χ4n) is 1.80. The molecule has 19 heavy (non-hydrogen) atoms. The molecule has 0 saturated carbocycles. The maximum atomic E-state index is 13.4. The Morgan fingerprint density at radius 2 is 1.74 bits per heavy atom. The average Bonchev–Trinajstić information content (AvgIpc) is 2.42. The van der Waals surface area contributed by atoms with Gasteiger partial charge in [0, 0.05) is 6.07 Å². The predicted molar refractivity (Wildman–Crippen MR) is 74.7 cm³/mol. The van der Waals surface area contributed by atoms with Gasteiger partial charge in [0.1, 0.15) is 18.2 Å². The molecule has 2 aromatic rings. The molecule has 0 radical (unpaired) electrons. The number of benzene rings is 2. The molecule has 0 spiro atoms. The number of halogens is 1. The lowest BCUT2D eigenvalue weighted by Gasteiger charge is -2.08. The van der Waals surface area contributed by atoms with E-state index in [0.717, 1.165) is 12.0 Å². The molecule has 2 N–H and O–H groups in total. The smallest absolute Gasteiger partial charge is 0.129 e. The molecule has 0 fully saturated rings. The summed E-state index contributed by atoms with van der Waals surface area (Å²) in [4.78, 5) is 0. The maximum Gasteiger partial charge on any atom is 0.129 e. The largest absolute Gasteiger partial charge is 0.489 e. The Hall–Kier alpha value is -1.87. The molecule has 100 valence electrons. The van der Waals surface area contributed by atoms with Crippen LogP contribution in [0, 0.1) is 12.7 Å². The molecule has 0 unspecified atom stereocenters. The molecular weight excluding hydrogens is 241 g/mol. The van der Waals surface area contributed by atoms with Crippen molar-refractivity contribution in [2.24, 2.45) is 5.73 Å². The van der Waals surface area contributed by atoms with Gasteiger partial charge in [-0.2, -0.15) is 0 Å². The Morgan fingerprint density at radius 3 is 2.37 bits per heavy atom. The van der Waals surface area contributed by atoms with Gasteiger partial charge in [-0.1, -0.05) is 30.3 Å². The number of hydrogen-bond donors (Lipinski definition) is 1. The summed E-state index contributed by atoms with van der Waals surface area (Å²) in [5.41, 5.74) is 8.40. The van der Waals surface area contributed by atoms with E-state index in [2.05, 4.69) is 0 Å². The predicted octanol–water partition coefficient (Wildman–Crippen LogP) is 3.21. The number of nitrogens with two attached hydrogens (primary N) is 1. The minimum absolute atomic E-state index is 0.240. The zero-order valence-corrected chi connectivity index (χ0v) is 11.0. The Labute approximate surface area is 113 Å². The van der Waals surface area contributed by atoms with Gasteiger partial charge >= 0.3 is 0 Å². The molecule has 0 aliphatic heterocycles. The lowest BCUT2D eigenvalue weighted by atomic mass is 10.1. The second-order valence-electron chi connectivity index (χ2n) is 4.55. The second-order valence-corrected chi connectivity index (χ2v) is 4.55. The van der Waals surface area contributed by atoms with Gasteiger partial charge < -0.3 is 10.5 Å². The van der Waals surface area contributed by atoms with Gasteiger partial charge in [0.2, 0.25) is 0 Å². The molecule has 0 heterocycles. The molecule has 0 amide bonds. The molecule has 2 aromatic carbocycles. The first-order chi connectivity index (χ1) is 9.19. The topological polar surface area (TPSA) is 35.2 Å². The first-order valence-electron chi connectivity index (χ1n) is 6.36. The SMILES string of the molecule is Cc1ccc(OCc2ccc(CCN)cc2)cc1F. The number of rotatable bonds is 5. The zero-order chi connectivity index (χ0) is 13.7. The highest BCUT2D eigenvalue weighted by molar-refractivity contribution is 5.29. The van der Waals surface area contributed by atoms with Gasteiger partial charge in [-0.3, -0.25) is 0 Å². The van der Waals surface area contributed by atoms with E-state index in [0.29, 0.717) is 24.5 Å². The van der Waals surface area contributed by atoms with Crippen LogP contribution in [0.3, 0.4) is 0 Å². The summed E-state index contributed by atoms with van der Waals surface area (Å²) in [6, 6.07) is 13.0. The van der Waals surface area contributed by atoms with Gasteiger partial charge in [0.05, 0.1) is 0 Å². The van der Waals surface area contributed by atoms with Crippen molar-refractivity contribution in [3.05, 3.63) is 65.0 Å². The minimum atomic E-state index is -0.240. The van der Waals surface area contributed by atoms with E-state index >= 15 is 0 Å². The third kappa shape index (κ3) is 3.80. The van der Waals surface area contributed by atoms with Crippen LogP contribution in [0.2, 0.25) is 0 Å². The second kappa shape index (κ2) is 6.34. The standard InChI is InChI=1S/C16H18FNO/c1-12-2-7-15(10-16(12)17)19-11-14-5-3-13(4-6-14)8-9-18/h2-7,10H,8-9,11,18H2,1H3. The van der Waals surface area contributed by atoms with Crippen molar-refractivity contribution >= 4 is 0 Å². The Morgan fingerprint density at radius 1 is 1.05 bits per heavy atom. The monoisotopic (exact) mass is 259 g/mol.